The summed E-state index contributed by atoms with van der Waals surface area (Å²) in [6, 6.07) is 0. The second-order valence-corrected chi connectivity index (χ2v) is 2.83. The highest BCUT2D eigenvalue weighted by atomic mass is 32.1. The van der Waals surface area contributed by atoms with E-state index in [9.17, 15) is 0 Å². The molecular weight excluding hydrogens is 132 g/mol. The van der Waals surface area contributed by atoms with Crippen LogP contribution in [-0.2, 0) is 0 Å². The van der Waals surface area contributed by atoms with E-state index in [4.69, 9.17) is 0 Å². The van der Waals surface area contributed by atoms with Crippen LogP contribution in [0.25, 0.3) is 4.83 Å². The minimum absolute atomic E-state index is 1.23. The zero-order valence-corrected chi connectivity index (χ0v) is 5.64. The number of hydrogen-bond donors (Lipinski definition) is 0. The third-order valence-electron chi connectivity index (χ3n) is 1.21. The Morgan fingerprint density at radius 1 is 1.67 bits per heavy atom. The van der Waals surface area contributed by atoms with Gasteiger partial charge in [-0.15, -0.1) is 0 Å². The van der Waals surface area contributed by atoms with Crippen molar-refractivity contribution in [3.8, 4) is 0 Å². The number of rotatable bonds is 0. The molecule has 0 aliphatic rings. The van der Waals surface area contributed by atoms with Gasteiger partial charge in [-0.1, -0.05) is 11.3 Å². The van der Waals surface area contributed by atoms with E-state index in [1.165, 1.54) is 4.83 Å². The van der Waals surface area contributed by atoms with Gasteiger partial charge in [0.25, 0.3) is 0 Å². The molecule has 0 atom stereocenters. The molecule has 0 aromatic carbocycles. The average Bonchev–Trinajstić information content (AvgIpc) is 2.22. The van der Waals surface area contributed by atoms with Gasteiger partial charge in [0.15, 0.2) is 0 Å². The van der Waals surface area contributed by atoms with Crippen molar-refractivity contribution >= 4 is 16.2 Å². The summed E-state index contributed by atoms with van der Waals surface area (Å²) in [5.41, 5.74) is 0. The lowest BCUT2D eigenvalue weighted by Crippen LogP contribution is -2.12. The molecule has 45 valence electrons. The molecule has 0 saturated heterocycles. The number of thiazole rings is 1. The molecule has 2 aromatic rings. The molecule has 3 heteroatoms. The summed E-state index contributed by atoms with van der Waals surface area (Å²) in [5, 5.41) is 2.05. The maximum absolute atomic E-state index is 3.73. The summed E-state index contributed by atoms with van der Waals surface area (Å²) in [4.78, 5) is 1.23. The SMILES string of the molecule is [CH2]n1cc2scc[n+]2c1. The number of aromatic nitrogens is 2. The summed E-state index contributed by atoms with van der Waals surface area (Å²) in [6.07, 6.45) is 5.94. The molecule has 0 spiro atoms. The molecule has 0 unspecified atom stereocenters. The predicted molar refractivity (Wildman–Crippen MR) is 36.2 cm³/mol. The van der Waals surface area contributed by atoms with Gasteiger partial charge in [-0.3, -0.25) is 0 Å². The zero-order valence-electron chi connectivity index (χ0n) is 4.82. The fourth-order valence-corrected chi connectivity index (χ4v) is 1.58. The third kappa shape index (κ3) is 0.650. The van der Waals surface area contributed by atoms with E-state index in [0.717, 1.165) is 0 Å². The van der Waals surface area contributed by atoms with Crippen LogP contribution in [0.2, 0.25) is 0 Å². The van der Waals surface area contributed by atoms with Crippen molar-refractivity contribution in [2.75, 3.05) is 0 Å². The standard InChI is InChI=1S/C6H6N2S/c1-7-4-6-8(5-7)2-3-9-6/h2-5H,1H2/q+1. The van der Waals surface area contributed by atoms with Crippen LogP contribution < -0.4 is 4.40 Å². The molecule has 2 aromatic heterocycles. The van der Waals surface area contributed by atoms with E-state index in [1.807, 2.05) is 23.1 Å². The summed E-state index contributed by atoms with van der Waals surface area (Å²) in [7, 11) is 3.73. The van der Waals surface area contributed by atoms with E-state index in [-0.39, 0.29) is 0 Å². The lowest BCUT2D eigenvalue weighted by Gasteiger charge is -1.68. The van der Waals surface area contributed by atoms with Crippen LogP contribution in [-0.4, -0.2) is 4.57 Å². The second kappa shape index (κ2) is 1.57. The van der Waals surface area contributed by atoms with Gasteiger partial charge >= 0.3 is 0 Å². The molecule has 0 aliphatic heterocycles. The third-order valence-corrected chi connectivity index (χ3v) is 2.03. The van der Waals surface area contributed by atoms with Gasteiger partial charge in [0.1, 0.15) is 19.4 Å². The lowest BCUT2D eigenvalue weighted by atomic mass is 10.9. The van der Waals surface area contributed by atoms with Gasteiger partial charge < -0.3 is 0 Å². The molecule has 0 saturated carbocycles. The fourth-order valence-electron chi connectivity index (χ4n) is 0.827. The summed E-state index contributed by atoms with van der Waals surface area (Å²) in [5.74, 6) is 0. The first-order valence-corrected chi connectivity index (χ1v) is 3.51. The Balaban J connectivity index is 2.92. The van der Waals surface area contributed by atoms with E-state index in [1.54, 1.807) is 15.9 Å². The first-order chi connectivity index (χ1) is 4.36. The van der Waals surface area contributed by atoms with Gasteiger partial charge in [-0.05, 0) is 0 Å². The minimum Gasteiger partial charge on any atom is -0.231 e. The summed E-state index contributed by atoms with van der Waals surface area (Å²) < 4.78 is 3.84. The molecule has 0 aliphatic carbocycles. The van der Waals surface area contributed by atoms with Crippen molar-refractivity contribution < 1.29 is 4.40 Å². The Labute approximate surface area is 57.0 Å². The topological polar surface area (TPSA) is 9.03 Å². The van der Waals surface area contributed by atoms with Gasteiger partial charge in [-0.2, -0.15) is 4.40 Å². The lowest BCUT2D eigenvalue weighted by molar-refractivity contribution is -0.507. The van der Waals surface area contributed by atoms with Crippen LogP contribution in [0.5, 0.6) is 0 Å². The van der Waals surface area contributed by atoms with Crippen molar-refractivity contribution in [1.82, 2.24) is 4.57 Å². The van der Waals surface area contributed by atoms with Crippen LogP contribution in [0, 0.1) is 7.05 Å². The Morgan fingerprint density at radius 3 is 3.33 bits per heavy atom. The number of hydrogen-bond acceptors (Lipinski definition) is 1. The largest absolute Gasteiger partial charge is 0.249 e. The maximum Gasteiger partial charge on any atom is 0.249 e. The van der Waals surface area contributed by atoms with E-state index < -0.39 is 0 Å². The molecule has 0 amide bonds. The molecule has 0 N–H and O–H groups in total. The van der Waals surface area contributed by atoms with Crippen LogP contribution in [0.1, 0.15) is 0 Å². The zero-order chi connectivity index (χ0) is 6.27. The molecular formula is C6H6N2S+. The predicted octanol–water partition coefficient (Wildman–Crippen LogP) is 0.928. The van der Waals surface area contributed by atoms with Crippen LogP contribution in [0.15, 0.2) is 24.1 Å². The van der Waals surface area contributed by atoms with Gasteiger partial charge in [0.2, 0.25) is 11.2 Å². The van der Waals surface area contributed by atoms with Crippen molar-refractivity contribution in [1.29, 1.82) is 0 Å². The van der Waals surface area contributed by atoms with Crippen LogP contribution >= 0.6 is 11.3 Å². The second-order valence-electron chi connectivity index (χ2n) is 1.91. The van der Waals surface area contributed by atoms with Crippen molar-refractivity contribution in [3.05, 3.63) is 31.1 Å². The molecule has 0 bridgehead atoms. The molecule has 0 fully saturated rings. The Bertz CT molecular complexity index is 292. The number of nitrogens with zero attached hydrogens (tertiary/aromatic N) is 2. The van der Waals surface area contributed by atoms with Crippen LogP contribution in [0.3, 0.4) is 0 Å². The molecule has 2 heterocycles. The number of imidazole rings is 1. The van der Waals surface area contributed by atoms with Gasteiger partial charge in [0.05, 0.1) is 0 Å². The highest BCUT2D eigenvalue weighted by molar-refractivity contribution is 7.14. The van der Waals surface area contributed by atoms with E-state index in [2.05, 4.69) is 12.4 Å². The minimum atomic E-state index is 1.23. The normalized spacial score (nSPS) is 10.8. The first-order valence-electron chi connectivity index (χ1n) is 2.63. The van der Waals surface area contributed by atoms with Crippen molar-refractivity contribution in [2.45, 2.75) is 0 Å². The van der Waals surface area contributed by atoms with E-state index >= 15 is 0 Å². The molecule has 1 radical (unpaired) electrons. The molecule has 2 nitrogen and oxygen atoms in total. The highest BCUT2D eigenvalue weighted by Crippen LogP contribution is 2.02. The first kappa shape index (κ1) is 4.99. The quantitative estimate of drug-likeness (QED) is 0.479. The molecule has 9 heavy (non-hydrogen) atoms. The van der Waals surface area contributed by atoms with Crippen molar-refractivity contribution in [3.63, 3.8) is 0 Å². The average molecular weight is 138 g/mol. The summed E-state index contributed by atoms with van der Waals surface area (Å²) >= 11 is 1.71. The monoisotopic (exact) mass is 138 g/mol. The summed E-state index contributed by atoms with van der Waals surface area (Å²) in [6.45, 7) is 0. The highest BCUT2D eigenvalue weighted by Gasteiger charge is 2.01. The van der Waals surface area contributed by atoms with Crippen molar-refractivity contribution in [2.24, 2.45) is 0 Å². The smallest absolute Gasteiger partial charge is 0.231 e. The Morgan fingerprint density at radius 2 is 2.56 bits per heavy atom. The van der Waals surface area contributed by atoms with Gasteiger partial charge in [-0.25, -0.2) is 4.57 Å². The Hall–Kier alpha value is -0.830. The number of fused-ring (bicyclic) bond motifs is 1. The van der Waals surface area contributed by atoms with Crippen LogP contribution in [0.4, 0.5) is 0 Å². The van der Waals surface area contributed by atoms with E-state index in [0.29, 0.717) is 0 Å². The molecule has 2 rings (SSSR count). The fraction of sp³-hybridized carbons (Fsp3) is 0. The Kier molecular flexibility index (Phi) is 0.873. The maximum atomic E-state index is 3.73. The van der Waals surface area contributed by atoms with Gasteiger partial charge in [0, 0.05) is 5.38 Å².